The standard InChI is InChI=1S/C27H37ClN2O7/c28-22-8-6-21(7-9-22)24(20-4-2-1-3-5-20)30-12-10-29(11-13-30)14-15-35-16-17-36-27(19-31)26(34)25(33)23(32)18-37-27/h1-9,23-26,31-34H,10-19H2/t23-,24?,25-,26+,27-/m1/s1/i10D2,11D2,12D2,13D2. The van der Waals surface area contributed by atoms with Gasteiger partial charge in [-0.1, -0.05) is 54.1 Å². The fourth-order valence-electron chi connectivity index (χ4n) is 4.02. The molecule has 2 aromatic carbocycles. The molecular formula is C27H37ClN2O7. The summed E-state index contributed by atoms with van der Waals surface area (Å²) in [5.74, 6) is -2.03. The third-order valence-electron chi connectivity index (χ3n) is 6.09. The largest absolute Gasteiger partial charge is 0.391 e. The minimum atomic E-state index is -3.10. The molecule has 4 rings (SSSR count). The third-order valence-corrected chi connectivity index (χ3v) is 6.34. The van der Waals surface area contributed by atoms with Gasteiger partial charge in [0.15, 0.2) is 0 Å². The van der Waals surface area contributed by atoms with Crippen LogP contribution in [-0.4, -0.2) is 120 Å². The first kappa shape index (κ1) is 19.4. The maximum absolute atomic E-state index is 10.2. The summed E-state index contributed by atoms with van der Waals surface area (Å²) in [6.45, 7) is -15.1. The highest BCUT2D eigenvalue weighted by Gasteiger charge is 2.50. The Kier molecular flexibility index (Phi) is 7.06. The molecule has 2 fully saturated rings. The van der Waals surface area contributed by atoms with Crippen molar-refractivity contribution in [1.29, 1.82) is 0 Å². The molecule has 1 unspecified atom stereocenters. The van der Waals surface area contributed by atoms with Gasteiger partial charge in [-0.05, 0) is 23.3 Å². The monoisotopic (exact) mass is 544 g/mol. The van der Waals surface area contributed by atoms with Crippen LogP contribution in [0.15, 0.2) is 54.6 Å². The van der Waals surface area contributed by atoms with Crippen LogP contribution >= 0.6 is 11.6 Å². The summed E-state index contributed by atoms with van der Waals surface area (Å²) in [7, 11) is 0. The summed E-state index contributed by atoms with van der Waals surface area (Å²) >= 11 is 6.07. The number of rotatable bonds is 11. The van der Waals surface area contributed by atoms with Gasteiger partial charge in [-0.25, -0.2) is 0 Å². The van der Waals surface area contributed by atoms with E-state index >= 15 is 0 Å². The van der Waals surface area contributed by atoms with Crippen LogP contribution in [0, 0.1) is 0 Å². The van der Waals surface area contributed by atoms with E-state index in [4.69, 9.17) is 36.8 Å². The fraction of sp³-hybridized carbons (Fsp3) is 0.556. The van der Waals surface area contributed by atoms with Crippen LogP contribution in [-0.2, 0) is 14.2 Å². The third kappa shape index (κ3) is 7.07. The van der Waals surface area contributed by atoms with Crippen LogP contribution in [0.4, 0.5) is 0 Å². The highest BCUT2D eigenvalue weighted by atomic mass is 35.5. The number of benzene rings is 2. The zero-order chi connectivity index (χ0) is 33.4. The van der Waals surface area contributed by atoms with Crippen molar-refractivity contribution in [1.82, 2.24) is 9.80 Å². The fourth-order valence-corrected chi connectivity index (χ4v) is 4.15. The quantitative estimate of drug-likeness (QED) is 0.306. The van der Waals surface area contributed by atoms with E-state index in [2.05, 4.69) is 0 Å². The van der Waals surface area contributed by atoms with Crippen LogP contribution in [0.5, 0.6) is 0 Å². The zero-order valence-corrected chi connectivity index (χ0v) is 20.8. The van der Waals surface area contributed by atoms with Crippen molar-refractivity contribution in [3.8, 4) is 0 Å². The van der Waals surface area contributed by atoms with Gasteiger partial charge in [0, 0.05) is 48.5 Å². The minimum Gasteiger partial charge on any atom is -0.391 e. The van der Waals surface area contributed by atoms with E-state index < -0.39 is 75.9 Å². The van der Waals surface area contributed by atoms with E-state index in [0.29, 0.717) is 25.9 Å². The number of halogens is 1. The van der Waals surface area contributed by atoms with Crippen LogP contribution in [0.2, 0.25) is 5.02 Å². The minimum absolute atomic E-state index is 0.241. The normalized spacial score (nSPS) is 36.9. The molecule has 0 bridgehead atoms. The second-order valence-corrected chi connectivity index (χ2v) is 9.01. The van der Waals surface area contributed by atoms with E-state index in [1.165, 1.54) is 12.1 Å². The van der Waals surface area contributed by atoms with Crippen LogP contribution < -0.4 is 0 Å². The molecule has 0 radical (unpaired) electrons. The number of aliphatic hydroxyl groups excluding tert-OH is 4. The molecule has 0 amide bonds. The molecule has 2 saturated heterocycles. The Morgan fingerprint density at radius 3 is 2.32 bits per heavy atom. The maximum atomic E-state index is 10.2. The van der Waals surface area contributed by atoms with Gasteiger partial charge in [-0.3, -0.25) is 9.80 Å². The van der Waals surface area contributed by atoms with Crippen molar-refractivity contribution in [2.75, 3.05) is 65.6 Å². The van der Waals surface area contributed by atoms with Crippen molar-refractivity contribution < 1.29 is 45.6 Å². The molecule has 2 heterocycles. The maximum Gasteiger partial charge on any atom is 0.221 e. The van der Waals surface area contributed by atoms with Crippen molar-refractivity contribution in [3.05, 3.63) is 70.7 Å². The summed E-state index contributed by atoms with van der Waals surface area (Å²) in [6, 6.07) is 13.2. The summed E-state index contributed by atoms with van der Waals surface area (Å²) in [5.41, 5.74) is 0.780. The Hall–Kier alpha value is -1.63. The first-order chi connectivity index (χ1) is 21.0. The van der Waals surface area contributed by atoms with Gasteiger partial charge in [0.2, 0.25) is 5.79 Å². The average Bonchev–Trinajstić information content (AvgIpc) is 2.99. The van der Waals surface area contributed by atoms with Gasteiger partial charge in [-0.15, -0.1) is 0 Å². The van der Waals surface area contributed by atoms with Gasteiger partial charge >= 0.3 is 0 Å². The van der Waals surface area contributed by atoms with Crippen LogP contribution in [0.1, 0.15) is 28.1 Å². The lowest BCUT2D eigenvalue weighted by Gasteiger charge is -2.43. The Labute approximate surface area is 234 Å². The number of aliphatic hydroxyl groups is 4. The lowest BCUT2D eigenvalue weighted by molar-refractivity contribution is -0.350. The first-order valence-electron chi connectivity index (χ1n) is 15.8. The zero-order valence-electron chi connectivity index (χ0n) is 28.0. The van der Waals surface area contributed by atoms with Gasteiger partial charge < -0.3 is 34.6 Å². The van der Waals surface area contributed by atoms with E-state index in [1.807, 2.05) is 0 Å². The molecular weight excluding hydrogens is 500 g/mol. The molecule has 2 aliphatic rings. The van der Waals surface area contributed by atoms with Gasteiger partial charge in [0.1, 0.15) is 24.9 Å². The molecule has 5 atom stereocenters. The Morgan fingerprint density at radius 1 is 0.973 bits per heavy atom. The molecule has 0 aromatic heterocycles. The van der Waals surface area contributed by atoms with Crippen molar-refractivity contribution in [3.63, 3.8) is 0 Å². The van der Waals surface area contributed by atoms with Crippen LogP contribution in [0.3, 0.4) is 0 Å². The molecule has 0 spiro atoms. The Balaban J connectivity index is 1.53. The number of hydrogen-bond donors (Lipinski definition) is 4. The van der Waals surface area contributed by atoms with Crippen molar-refractivity contribution >= 4 is 11.6 Å². The number of hydrogen-bond acceptors (Lipinski definition) is 9. The molecule has 9 nitrogen and oxygen atoms in total. The first-order valence-corrected chi connectivity index (χ1v) is 12.2. The molecule has 2 aliphatic heterocycles. The van der Waals surface area contributed by atoms with E-state index in [-0.39, 0.29) is 19.8 Å². The molecule has 10 heteroatoms. The number of piperazine rings is 1. The lowest BCUT2D eigenvalue weighted by atomic mass is 9.96. The van der Waals surface area contributed by atoms with E-state index in [1.54, 1.807) is 42.5 Å². The summed E-state index contributed by atoms with van der Waals surface area (Å²) in [6.07, 6.45) is -4.80. The second-order valence-electron chi connectivity index (χ2n) is 8.58. The molecule has 0 saturated carbocycles. The predicted octanol–water partition coefficient (Wildman–Crippen LogP) is 0.882. The molecule has 4 N–H and O–H groups in total. The molecule has 2 aromatic rings. The summed E-state index contributed by atoms with van der Waals surface area (Å²) in [4.78, 5) is 1.06. The average molecular weight is 545 g/mol. The number of nitrogens with zero attached hydrogens (tertiary/aromatic N) is 2. The van der Waals surface area contributed by atoms with Crippen LogP contribution in [0.25, 0.3) is 0 Å². The summed E-state index contributed by atoms with van der Waals surface area (Å²) < 4.78 is 87.1. The van der Waals surface area contributed by atoms with Gasteiger partial charge in [0.25, 0.3) is 0 Å². The predicted molar refractivity (Wildman–Crippen MR) is 138 cm³/mol. The molecule has 37 heavy (non-hydrogen) atoms. The van der Waals surface area contributed by atoms with Crippen molar-refractivity contribution in [2.24, 2.45) is 0 Å². The van der Waals surface area contributed by atoms with Gasteiger partial charge in [-0.2, -0.15) is 0 Å². The van der Waals surface area contributed by atoms with E-state index in [0.717, 1.165) is 0 Å². The smallest absolute Gasteiger partial charge is 0.221 e. The summed E-state index contributed by atoms with van der Waals surface area (Å²) in [5, 5.41) is 39.9. The van der Waals surface area contributed by atoms with Gasteiger partial charge in [0.05, 0.1) is 32.5 Å². The lowest BCUT2D eigenvalue weighted by Crippen LogP contribution is -2.64. The highest BCUT2D eigenvalue weighted by Crippen LogP contribution is 2.30. The Bertz CT molecular complexity index is 1260. The molecule has 204 valence electrons. The second kappa shape index (κ2) is 13.4. The number of ether oxygens (including phenoxy) is 3. The topological polar surface area (TPSA) is 115 Å². The van der Waals surface area contributed by atoms with E-state index in [9.17, 15) is 20.4 Å². The highest BCUT2D eigenvalue weighted by molar-refractivity contribution is 6.30. The van der Waals surface area contributed by atoms with Crippen molar-refractivity contribution in [2.45, 2.75) is 30.1 Å². The Morgan fingerprint density at radius 2 is 1.65 bits per heavy atom. The SMILES string of the molecule is [2H]C1([2H])N(CCOCCO[C@]2(CO)OC[C@@H](O)[C@@H](O)[C@@H]2O)C([2H])([2H])C([2H])([2H])N(C(c2ccccc2)c2ccc(Cl)cc2)C1([2H])[2H]. The molecule has 0 aliphatic carbocycles.